The maximum atomic E-state index is 6.34. The van der Waals surface area contributed by atoms with E-state index in [1.54, 1.807) is 0 Å². The second-order valence-corrected chi connectivity index (χ2v) is 11.2. The lowest BCUT2D eigenvalue weighted by Gasteiger charge is -2.35. The molecular formula is C33H40N11. The van der Waals surface area contributed by atoms with Gasteiger partial charge < -0.3 is 27.5 Å². The fraction of sp³-hybridized carbons (Fsp3) is 0.273. The fourth-order valence-corrected chi connectivity index (χ4v) is 5.76. The van der Waals surface area contributed by atoms with Crippen LogP contribution in [0.4, 0.5) is 11.5 Å². The number of hydrogen-bond donors (Lipinski definition) is 4. The summed E-state index contributed by atoms with van der Waals surface area (Å²) in [6.45, 7) is 4.49. The lowest BCUT2D eigenvalue weighted by molar-refractivity contribution is 0.333. The lowest BCUT2D eigenvalue weighted by Crippen LogP contribution is -2.42. The summed E-state index contributed by atoms with van der Waals surface area (Å²) in [6.07, 6.45) is 5.78. The molecule has 4 heterocycles. The minimum absolute atomic E-state index is 0.0996. The van der Waals surface area contributed by atoms with Crippen LogP contribution in [0.2, 0.25) is 0 Å². The number of anilines is 2. The van der Waals surface area contributed by atoms with Gasteiger partial charge in [0.05, 0.1) is 42.9 Å². The van der Waals surface area contributed by atoms with Crippen LogP contribution in [0.3, 0.4) is 0 Å². The van der Waals surface area contributed by atoms with Gasteiger partial charge in [-0.1, -0.05) is 42.5 Å². The Kier molecular flexibility index (Phi) is 8.25. The van der Waals surface area contributed by atoms with E-state index < -0.39 is 0 Å². The van der Waals surface area contributed by atoms with Crippen molar-refractivity contribution in [3.63, 3.8) is 0 Å². The van der Waals surface area contributed by atoms with Crippen molar-refractivity contribution in [1.82, 2.24) is 29.1 Å². The zero-order chi connectivity index (χ0) is 30.8. The van der Waals surface area contributed by atoms with E-state index in [-0.39, 0.29) is 12.1 Å². The van der Waals surface area contributed by atoms with Crippen LogP contribution in [0.5, 0.6) is 0 Å². The van der Waals surface area contributed by atoms with Gasteiger partial charge in [0.1, 0.15) is 11.9 Å². The van der Waals surface area contributed by atoms with Gasteiger partial charge in [-0.05, 0) is 37.3 Å². The monoisotopic (exact) mass is 590 g/mol. The van der Waals surface area contributed by atoms with E-state index in [4.69, 9.17) is 33.1 Å². The first-order valence-electron chi connectivity index (χ1n) is 14.9. The predicted octanol–water partition coefficient (Wildman–Crippen LogP) is 3.22. The average molecular weight is 591 g/mol. The van der Waals surface area contributed by atoms with Crippen molar-refractivity contribution in [3.8, 4) is 22.5 Å². The smallest absolute Gasteiger partial charge is 0.147 e. The minimum atomic E-state index is -0.263. The van der Waals surface area contributed by atoms with Gasteiger partial charge in [-0.2, -0.15) is 10.2 Å². The quantitative estimate of drug-likeness (QED) is 0.171. The number of aryl methyl sites for hydroxylation is 1. The molecule has 3 aromatic heterocycles. The molecule has 0 saturated heterocycles. The van der Waals surface area contributed by atoms with Crippen LogP contribution in [-0.2, 0) is 20.1 Å². The Labute approximate surface area is 257 Å². The zero-order valence-corrected chi connectivity index (χ0v) is 25.2. The van der Waals surface area contributed by atoms with Gasteiger partial charge in [-0.15, -0.1) is 0 Å². The first kappa shape index (κ1) is 29.2. The lowest BCUT2D eigenvalue weighted by atomic mass is 10.0. The molecule has 227 valence electrons. The molecule has 0 aliphatic carbocycles. The molecule has 8 N–H and O–H groups in total. The van der Waals surface area contributed by atoms with Crippen LogP contribution in [-0.4, -0.2) is 54.8 Å². The number of nitrogens with zero attached hydrogens (tertiary/aromatic N) is 7. The van der Waals surface area contributed by atoms with Gasteiger partial charge in [0.2, 0.25) is 0 Å². The Morgan fingerprint density at radius 2 is 1.52 bits per heavy atom. The maximum Gasteiger partial charge on any atom is 0.147 e. The highest BCUT2D eigenvalue weighted by molar-refractivity contribution is 5.77. The van der Waals surface area contributed by atoms with Gasteiger partial charge in [0.15, 0.2) is 0 Å². The molecule has 1 radical (unpaired) electrons. The molecule has 2 atom stereocenters. The molecule has 0 amide bonds. The van der Waals surface area contributed by atoms with Crippen LogP contribution < -0.4 is 27.9 Å². The van der Waals surface area contributed by atoms with Crippen LogP contribution in [0.15, 0.2) is 85.1 Å². The minimum Gasteiger partial charge on any atom is -0.399 e. The number of hydrazine groups is 1. The predicted molar refractivity (Wildman–Crippen MR) is 175 cm³/mol. The summed E-state index contributed by atoms with van der Waals surface area (Å²) in [5.41, 5.74) is 32.0. The normalized spacial score (nSPS) is 15.7. The largest absolute Gasteiger partial charge is 0.399 e. The van der Waals surface area contributed by atoms with Crippen LogP contribution >= 0.6 is 0 Å². The SMILES string of the molecule is CC(N)Cn1nc(-c2ccccc2)cc1C1=[C]N(CCN)N(c2cc(-c3ccc(N)cc3)nn2CCN)C1c1cccn1C. The second-order valence-electron chi connectivity index (χ2n) is 11.2. The van der Waals surface area contributed by atoms with Gasteiger partial charge in [0, 0.05) is 66.5 Å². The molecule has 1 aliphatic heterocycles. The van der Waals surface area contributed by atoms with Crippen molar-refractivity contribution in [2.45, 2.75) is 32.1 Å². The van der Waals surface area contributed by atoms with Crippen molar-refractivity contribution in [2.75, 3.05) is 30.4 Å². The summed E-state index contributed by atoms with van der Waals surface area (Å²) < 4.78 is 6.11. The molecule has 11 heteroatoms. The van der Waals surface area contributed by atoms with E-state index in [1.807, 2.05) is 58.8 Å². The van der Waals surface area contributed by atoms with E-state index in [9.17, 15) is 0 Å². The first-order chi connectivity index (χ1) is 21.4. The van der Waals surface area contributed by atoms with E-state index in [1.165, 1.54) is 0 Å². The Morgan fingerprint density at radius 1 is 0.841 bits per heavy atom. The third kappa shape index (κ3) is 5.60. The molecule has 44 heavy (non-hydrogen) atoms. The third-order valence-corrected chi connectivity index (χ3v) is 7.76. The highest BCUT2D eigenvalue weighted by Crippen LogP contribution is 2.45. The molecule has 6 rings (SSSR count). The van der Waals surface area contributed by atoms with E-state index >= 15 is 0 Å². The number of aromatic nitrogens is 5. The topological polar surface area (TPSA) is 151 Å². The molecule has 0 spiro atoms. The molecular weight excluding hydrogens is 550 g/mol. The number of hydrogen-bond acceptors (Lipinski definition) is 8. The van der Waals surface area contributed by atoms with E-state index in [0.29, 0.717) is 38.4 Å². The summed E-state index contributed by atoms with van der Waals surface area (Å²) in [4.78, 5) is 0. The zero-order valence-electron chi connectivity index (χ0n) is 25.2. The Balaban J connectivity index is 1.53. The standard InChI is InChI=1S/C33H40N11/c1-23(36)21-43-31(19-28(39-43)24-7-4-3-5-8-24)27-22-41(17-14-34)44(33(27)30-9-6-16-40(30)2)32-20-29(38-42(32)18-15-35)25-10-12-26(37)13-11-25/h3-13,16,19-20,23,33H,14-15,17-18,21,34-37H2,1-2H3. The summed E-state index contributed by atoms with van der Waals surface area (Å²) in [5.74, 6) is 0.881. The third-order valence-electron chi connectivity index (χ3n) is 7.76. The summed E-state index contributed by atoms with van der Waals surface area (Å²) in [7, 11) is 2.06. The Morgan fingerprint density at radius 3 is 2.18 bits per heavy atom. The van der Waals surface area contributed by atoms with Gasteiger partial charge >= 0.3 is 0 Å². The number of nitrogen functional groups attached to an aromatic ring is 1. The van der Waals surface area contributed by atoms with Gasteiger partial charge in [0.25, 0.3) is 0 Å². The van der Waals surface area contributed by atoms with Crippen LogP contribution in [0.1, 0.15) is 24.4 Å². The molecule has 0 bridgehead atoms. The molecule has 1 aliphatic rings. The van der Waals surface area contributed by atoms with Gasteiger partial charge in [-0.3, -0.25) is 14.7 Å². The van der Waals surface area contributed by atoms with Crippen molar-refractivity contribution in [3.05, 3.63) is 103 Å². The van der Waals surface area contributed by atoms with Crippen molar-refractivity contribution < 1.29 is 0 Å². The number of rotatable bonds is 11. The van der Waals surface area contributed by atoms with Crippen LogP contribution in [0, 0.1) is 6.20 Å². The summed E-state index contributed by atoms with van der Waals surface area (Å²) >= 11 is 0. The second kappa shape index (κ2) is 12.4. The van der Waals surface area contributed by atoms with Crippen molar-refractivity contribution in [1.29, 1.82) is 0 Å². The van der Waals surface area contributed by atoms with E-state index in [0.717, 1.165) is 45.3 Å². The van der Waals surface area contributed by atoms with Gasteiger partial charge in [-0.25, -0.2) is 4.68 Å². The summed E-state index contributed by atoms with van der Waals surface area (Å²) in [6, 6.07) is 26.0. The number of nitrogens with two attached hydrogens (primary N) is 4. The Hall–Kier alpha value is -4.84. The highest BCUT2D eigenvalue weighted by Gasteiger charge is 2.40. The van der Waals surface area contributed by atoms with Crippen molar-refractivity contribution >= 4 is 17.1 Å². The summed E-state index contributed by atoms with van der Waals surface area (Å²) in [5, 5.41) is 14.3. The molecule has 11 nitrogen and oxygen atoms in total. The number of benzene rings is 2. The van der Waals surface area contributed by atoms with Crippen molar-refractivity contribution in [2.24, 2.45) is 24.2 Å². The molecule has 0 fully saturated rings. The molecule has 2 aromatic carbocycles. The van der Waals surface area contributed by atoms with E-state index in [2.05, 4.69) is 70.4 Å². The maximum absolute atomic E-state index is 6.34. The fourth-order valence-electron chi connectivity index (χ4n) is 5.76. The molecule has 0 saturated carbocycles. The first-order valence-corrected chi connectivity index (χ1v) is 14.9. The Bertz CT molecular complexity index is 1730. The van der Waals surface area contributed by atoms with Crippen LogP contribution in [0.25, 0.3) is 28.1 Å². The molecule has 2 unspecified atom stereocenters. The highest BCUT2D eigenvalue weighted by atomic mass is 15.7. The average Bonchev–Trinajstić information content (AvgIpc) is 3.79. The molecule has 5 aromatic rings.